The molecule has 0 unspecified atom stereocenters. The van der Waals surface area contributed by atoms with Gasteiger partial charge >= 0.3 is 0 Å². The molecule has 29 heavy (non-hydrogen) atoms. The number of aromatic amines is 1. The molecule has 0 radical (unpaired) electrons. The minimum absolute atomic E-state index is 0.258. The summed E-state index contributed by atoms with van der Waals surface area (Å²) in [5, 5.41) is 17.9. The quantitative estimate of drug-likeness (QED) is 0.635. The number of rotatable bonds is 10. The third-order valence-electron chi connectivity index (χ3n) is 5.28. The predicted octanol–water partition coefficient (Wildman–Crippen LogP) is 2.23. The molecule has 3 rings (SSSR count). The molecule has 0 saturated heterocycles. The Morgan fingerprint density at radius 2 is 1.97 bits per heavy atom. The average Bonchev–Trinajstić information content (AvgIpc) is 3.09. The Morgan fingerprint density at radius 3 is 2.72 bits per heavy atom. The topological polar surface area (TPSA) is 73.8 Å². The van der Waals surface area contributed by atoms with Crippen molar-refractivity contribution in [2.75, 3.05) is 41.4 Å². The molecule has 1 aliphatic carbocycles. The first-order valence-electron chi connectivity index (χ1n) is 10.3. The van der Waals surface area contributed by atoms with Gasteiger partial charge in [0.25, 0.3) is 0 Å². The van der Waals surface area contributed by atoms with Crippen LogP contribution < -0.4 is 9.47 Å². The fraction of sp³-hybridized carbons (Fsp3) is 0.591. The van der Waals surface area contributed by atoms with Crippen LogP contribution in [0.1, 0.15) is 35.4 Å². The number of nitrogens with one attached hydrogen (secondary N) is 1. The van der Waals surface area contributed by atoms with E-state index in [9.17, 15) is 5.11 Å². The summed E-state index contributed by atoms with van der Waals surface area (Å²) >= 11 is 0. The number of hydrogen-bond donors (Lipinski definition) is 2. The van der Waals surface area contributed by atoms with E-state index < -0.39 is 6.10 Å². The molecule has 0 aliphatic heterocycles. The van der Waals surface area contributed by atoms with Crippen LogP contribution in [0.3, 0.4) is 0 Å². The number of aromatic nitrogens is 2. The van der Waals surface area contributed by atoms with Gasteiger partial charge in [0.05, 0.1) is 12.8 Å². The molecule has 2 N–H and O–H groups in total. The van der Waals surface area contributed by atoms with E-state index in [0.29, 0.717) is 13.1 Å². The van der Waals surface area contributed by atoms with Crippen LogP contribution in [0.5, 0.6) is 11.5 Å². The lowest BCUT2D eigenvalue weighted by Crippen LogP contribution is -2.30. The summed E-state index contributed by atoms with van der Waals surface area (Å²) in [7, 11) is 7.63. The Labute approximate surface area is 173 Å². The summed E-state index contributed by atoms with van der Waals surface area (Å²) in [6.45, 7) is 2.31. The van der Waals surface area contributed by atoms with E-state index in [1.54, 1.807) is 7.11 Å². The van der Waals surface area contributed by atoms with Gasteiger partial charge in [0.15, 0.2) is 0 Å². The molecule has 0 spiro atoms. The van der Waals surface area contributed by atoms with E-state index in [-0.39, 0.29) is 6.61 Å². The normalized spacial score (nSPS) is 14.9. The molecule has 0 fully saturated rings. The number of aliphatic hydroxyl groups excluding tert-OH is 1. The van der Waals surface area contributed by atoms with Gasteiger partial charge in [0, 0.05) is 30.9 Å². The van der Waals surface area contributed by atoms with Gasteiger partial charge in [0.1, 0.15) is 24.2 Å². The zero-order chi connectivity index (χ0) is 20.8. The van der Waals surface area contributed by atoms with E-state index >= 15 is 0 Å². The highest BCUT2D eigenvalue weighted by Gasteiger charge is 2.18. The predicted molar refractivity (Wildman–Crippen MR) is 113 cm³/mol. The fourth-order valence-electron chi connectivity index (χ4n) is 3.89. The summed E-state index contributed by atoms with van der Waals surface area (Å²) in [6.07, 6.45) is 4.18. The molecule has 2 aromatic rings. The number of ether oxygens (including phenoxy) is 2. The van der Waals surface area contributed by atoms with Crippen LogP contribution >= 0.6 is 0 Å². The van der Waals surface area contributed by atoms with Crippen LogP contribution in [-0.4, -0.2) is 72.6 Å². The molecular weight excluding hydrogens is 368 g/mol. The molecule has 1 heterocycles. The fourth-order valence-corrected chi connectivity index (χ4v) is 3.89. The lowest BCUT2D eigenvalue weighted by molar-refractivity contribution is 0.0823. The molecule has 0 saturated carbocycles. The van der Waals surface area contributed by atoms with E-state index in [0.717, 1.165) is 42.1 Å². The van der Waals surface area contributed by atoms with Crippen LogP contribution in [0.15, 0.2) is 18.2 Å². The molecule has 0 bridgehead atoms. The van der Waals surface area contributed by atoms with Gasteiger partial charge in [-0.2, -0.15) is 5.10 Å². The summed E-state index contributed by atoms with van der Waals surface area (Å²) in [6, 6.07) is 5.81. The van der Waals surface area contributed by atoms with Gasteiger partial charge in [-0.25, -0.2) is 0 Å². The minimum atomic E-state index is -0.534. The maximum atomic E-state index is 10.1. The first-order valence-corrected chi connectivity index (χ1v) is 10.3. The van der Waals surface area contributed by atoms with Crippen molar-refractivity contribution in [1.82, 2.24) is 20.0 Å². The maximum Gasteiger partial charge on any atom is 0.124 e. The number of likely N-dealkylation sites (N-methyl/N-ethyl adjacent to an activating group) is 1. The number of aliphatic hydroxyl groups is 1. The lowest BCUT2D eigenvalue weighted by Gasteiger charge is -2.21. The second kappa shape index (κ2) is 10.1. The van der Waals surface area contributed by atoms with E-state index in [1.807, 2.05) is 37.2 Å². The van der Waals surface area contributed by atoms with Crippen LogP contribution in [0.25, 0.3) is 0 Å². The maximum absolute atomic E-state index is 10.1. The van der Waals surface area contributed by atoms with Crippen molar-refractivity contribution in [2.24, 2.45) is 0 Å². The lowest BCUT2D eigenvalue weighted by atomic mass is 9.96. The van der Waals surface area contributed by atoms with Gasteiger partial charge in [-0.1, -0.05) is 0 Å². The van der Waals surface area contributed by atoms with Crippen LogP contribution in [0.4, 0.5) is 0 Å². The third kappa shape index (κ3) is 5.95. The molecule has 1 atom stereocenters. The van der Waals surface area contributed by atoms with Crippen molar-refractivity contribution in [3.63, 3.8) is 0 Å². The summed E-state index contributed by atoms with van der Waals surface area (Å²) in [5.74, 6) is 1.58. The Balaban J connectivity index is 1.67. The minimum Gasteiger partial charge on any atom is -0.497 e. The monoisotopic (exact) mass is 402 g/mol. The van der Waals surface area contributed by atoms with Crippen LogP contribution in [-0.2, 0) is 25.9 Å². The van der Waals surface area contributed by atoms with Crippen LogP contribution in [0.2, 0.25) is 0 Å². The highest BCUT2D eigenvalue weighted by molar-refractivity contribution is 5.40. The van der Waals surface area contributed by atoms with Crippen molar-refractivity contribution in [2.45, 2.75) is 44.9 Å². The number of methoxy groups -OCH3 is 1. The molecule has 160 valence electrons. The Hall–Kier alpha value is -2.09. The molecular formula is C22H34N4O3. The highest BCUT2D eigenvalue weighted by atomic mass is 16.5. The van der Waals surface area contributed by atoms with Crippen molar-refractivity contribution >= 4 is 0 Å². The smallest absolute Gasteiger partial charge is 0.124 e. The SMILES string of the molecule is COc1ccc(OC[C@H](O)CN(C)C)c(CN(C)Cc2n[nH]c3c2CCCC3)c1. The van der Waals surface area contributed by atoms with Gasteiger partial charge < -0.3 is 19.5 Å². The average molecular weight is 403 g/mol. The second-order valence-electron chi connectivity index (χ2n) is 8.21. The largest absolute Gasteiger partial charge is 0.497 e. The molecule has 7 nitrogen and oxygen atoms in total. The number of nitrogens with zero attached hydrogens (tertiary/aromatic N) is 3. The van der Waals surface area contributed by atoms with Gasteiger partial charge in [-0.05, 0) is 70.6 Å². The molecule has 1 aromatic carbocycles. The first kappa shape index (κ1) is 21.6. The summed E-state index contributed by atoms with van der Waals surface area (Å²) in [5.41, 5.74) is 4.89. The summed E-state index contributed by atoms with van der Waals surface area (Å²) < 4.78 is 11.3. The van der Waals surface area contributed by atoms with E-state index in [4.69, 9.17) is 9.47 Å². The van der Waals surface area contributed by atoms with Crippen molar-refractivity contribution in [1.29, 1.82) is 0 Å². The Morgan fingerprint density at radius 1 is 1.17 bits per heavy atom. The molecule has 1 aromatic heterocycles. The zero-order valence-corrected chi connectivity index (χ0v) is 18.1. The Bertz CT molecular complexity index is 790. The second-order valence-corrected chi connectivity index (χ2v) is 8.21. The molecule has 0 amide bonds. The number of hydrogen-bond acceptors (Lipinski definition) is 6. The van der Waals surface area contributed by atoms with Crippen molar-refractivity contribution in [3.8, 4) is 11.5 Å². The number of H-pyrrole nitrogens is 1. The van der Waals surface area contributed by atoms with Crippen molar-refractivity contribution < 1.29 is 14.6 Å². The summed E-state index contributed by atoms with van der Waals surface area (Å²) in [4.78, 5) is 4.18. The molecule has 7 heteroatoms. The van der Waals surface area contributed by atoms with Gasteiger partial charge in [-0.3, -0.25) is 10.00 Å². The zero-order valence-electron chi connectivity index (χ0n) is 18.1. The van der Waals surface area contributed by atoms with E-state index in [1.165, 1.54) is 24.1 Å². The standard InChI is InChI=1S/C22H34N4O3/c1-25(2)13-17(27)15-29-22-10-9-18(28-4)11-16(22)12-26(3)14-21-19-7-5-6-8-20(19)23-24-21/h9-11,17,27H,5-8,12-15H2,1-4H3,(H,23,24)/t17-/m1/s1. The first-order chi connectivity index (χ1) is 14.0. The number of fused-ring (bicyclic) bond motifs is 1. The van der Waals surface area contributed by atoms with E-state index in [2.05, 4.69) is 22.1 Å². The van der Waals surface area contributed by atoms with Crippen LogP contribution in [0, 0.1) is 0 Å². The van der Waals surface area contributed by atoms with Gasteiger partial charge in [0.2, 0.25) is 0 Å². The van der Waals surface area contributed by atoms with Crippen molar-refractivity contribution in [3.05, 3.63) is 40.7 Å². The van der Waals surface area contributed by atoms with Gasteiger partial charge in [-0.15, -0.1) is 0 Å². The third-order valence-corrected chi connectivity index (χ3v) is 5.28. The number of benzene rings is 1. The Kier molecular flexibility index (Phi) is 7.52. The highest BCUT2D eigenvalue weighted by Crippen LogP contribution is 2.27. The molecule has 1 aliphatic rings. The number of aryl methyl sites for hydroxylation is 1.